The third kappa shape index (κ3) is 4.63. The number of carbonyl (C=O) groups is 1. The van der Waals surface area contributed by atoms with E-state index in [2.05, 4.69) is 21.2 Å². The quantitative estimate of drug-likeness (QED) is 0.771. The van der Waals surface area contributed by atoms with Gasteiger partial charge in [0.15, 0.2) is 0 Å². The maximum absolute atomic E-state index is 11.6. The molecule has 1 fully saturated rings. The summed E-state index contributed by atoms with van der Waals surface area (Å²) in [5.41, 5.74) is 0. The van der Waals surface area contributed by atoms with Crippen LogP contribution in [-0.2, 0) is 4.79 Å². The van der Waals surface area contributed by atoms with Crippen molar-refractivity contribution in [1.29, 1.82) is 5.26 Å². The first-order valence-electron chi connectivity index (χ1n) is 6.72. The molecule has 0 spiro atoms. The van der Waals surface area contributed by atoms with E-state index in [0.717, 1.165) is 32.6 Å². The fraction of sp³-hybridized carbons (Fsp3) is 0.846. The molecule has 5 heteroatoms. The second-order valence-corrected chi connectivity index (χ2v) is 5.09. The molecule has 5 nitrogen and oxygen atoms in total. The molecule has 0 aliphatic carbocycles. The van der Waals surface area contributed by atoms with Crippen LogP contribution in [0, 0.1) is 11.3 Å². The summed E-state index contributed by atoms with van der Waals surface area (Å²) in [5.74, 6) is 0.0887. The van der Waals surface area contributed by atoms with Gasteiger partial charge in [-0.15, -0.1) is 0 Å². The molecule has 0 aromatic heterocycles. The van der Waals surface area contributed by atoms with Crippen molar-refractivity contribution in [1.82, 2.24) is 15.1 Å². The van der Waals surface area contributed by atoms with Crippen molar-refractivity contribution in [3.05, 3.63) is 0 Å². The minimum Gasteiger partial charge on any atom is -0.353 e. The zero-order chi connectivity index (χ0) is 13.5. The molecule has 0 saturated carbocycles. The lowest BCUT2D eigenvalue weighted by atomic mass is 10.2. The molecular formula is C13H24N4O. The van der Waals surface area contributed by atoms with Gasteiger partial charge in [-0.25, -0.2) is 0 Å². The van der Waals surface area contributed by atoms with E-state index in [-0.39, 0.29) is 18.0 Å². The average Bonchev–Trinajstić information content (AvgIpc) is 2.31. The predicted octanol–water partition coefficient (Wildman–Crippen LogP) is 0.431. The number of hydrogen-bond donors (Lipinski definition) is 1. The van der Waals surface area contributed by atoms with Gasteiger partial charge >= 0.3 is 0 Å². The first-order chi connectivity index (χ1) is 8.56. The molecule has 1 atom stereocenters. The van der Waals surface area contributed by atoms with E-state index < -0.39 is 0 Å². The van der Waals surface area contributed by atoms with Crippen molar-refractivity contribution in [2.75, 3.05) is 32.7 Å². The summed E-state index contributed by atoms with van der Waals surface area (Å²) in [4.78, 5) is 16.0. The Morgan fingerprint density at radius 2 is 1.94 bits per heavy atom. The van der Waals surface area contributed by atoms with Crippen molar-refractivity contribution in [3.8, 4) is 6.07 Å². The highest BCUT2D eigenvalue weighted by Crippen LogP contribution is 2.08. The van der Waals surface area contributed by atoms with E-state index in [1.54, 1.807) is 0 Å². The Bertz CT molecular complexity index is 303. The van der Waals surface area contributed by atoms with E-state index in [9.17, 15) is 4.79 Å². The third-order valence-electron chi connectivity index (χ3n) is 3.20. The van der Waals surface area contributed by atoms with Crippen LogP contribution in [0.25, 0.3) is 0 Å². The van der Waals surface area contributed by atoms with Crippen LogP contribution in [0.3, 0.4) is 0 Å². The lowest BCUT2D eigenvalue weighted by Gasteiger charge is -2.36. The maximum Gasteiger partial charge on any atom is 0.234 e. The van der Waals surface area contributed by atoms with Gasteiger partial charge in [-0.2, -0.15) is 5.26 Å². The van der Waals surface area contributed by atoms with Gasteiger partial charge in [0.2, 0.25) is 5.91 Å². The van der Waals surface area contributed by atoms with Crippen molar-refractivity contribution in [2.24, 2.45) is 0 Å². The van der Waals surface area contributed by atoms with E-state index >= 15 is 0 Å². The molecule has 0 aromatic carbocycles. The number of carbonyl (C=O) groups excluding carboxylic acids is 1. The maximum atomic E-state index is 11.6. The molecule has 1 rings (SSSR count). The fourth-order valence-corrected chi connectivity index (χ4v) is 2.23. The van der Waals surface area contributed by atoms with E-state index in [1.165, 1.54) is 0 Å². The number of hydrogen-bond acceptors (Lipinski definition) is 4. The van der Waals surface area contributed by atoms with Gasteiger partial charge in [-0.1, -0.05) is 6.92 Å². The molecule has 1 heterocycles. The summed E-state index contributed by atoms with van der Waals surface area (Å²) in [6, 6.07) is 2.55. The van der Waals surface area contributed by atoms with Crippen LogP contribution < -0.4 is 5.32 Å². The van der Waals surface area contributed by atoms with Crippen LogP contribution in [0.2, 0.25) is 0 Å². The van der Waals surface area contributed by atoms with Crippen molar-refractivity contribution in [3.63, 3.8) is 0 Å². The van der Waals surface area contributed by atoms with Gasteiger partial charge in [-0.05, 0) is 20.3 Å². The van der Waals surface area contributed by atoms with Gasteiger partial charge in [0.05, 0.1) is 18.7 Å². The Balaban J connectivity index is 2.31. The summed E-state index contributed by atoms with van der Waals surface area (Å²) in [7, 11) is 0. The normalized spacial score (nSPS) is 19.5. The number of rotatable bonds is 5. The Kier molecular flexibility index (Phi) is 6.10. The lowest BCUT2D eigenvalue weighted by Crippen LogP contribution is -2.52. The van der Waals surface area contributed by atoms with Crippen molar-refractivity contribution in [2.45, 2.75) is 39.3 Å². The van der Waals surface area contributed by atoms with Crippen LogP contribution in [0.4, 0.5) is 0 Å². The smallest absolute Gasteiger partial charge is 0.234 e. The average molecular weight is 252 g/mol. The predicted molar refractivity (Wildman–Crippen MR) is 71.0 cm³/mol. The highest BCUT2D eigenvalue weighted by atomic mass is 16.2. The zero-order valence-electron chi connectivity index (χ0n) is 11.6. The fourth-order valence-electron chi connectivity index (χ4n) is 2.23. The zero-order valence-corrected chi connectivity index (χ0v) is 11.6. The van der Waals surface area contributed by atoms with Gasteiger partial charge < -0.3 is 5.32 Å². The molecule has 1 aliphatic heterocycles. The largest absolute Gasteiger partial charge is 0.353 e. The Labute approximate surface area is 110 Å². The highest BCUT2D eigenvalue weighted by Gasteiger charge is 2.23. The summed E-state index contributed by atoms with van der Waals surface area (Å²) >= 11 is 0. The van der Waals surface area contributed by atoms with Crippen LogP contribution in [-0.4, -0.2) is 60.5 Å². The van der Waals surface area contributed by atoms with Gasteiger partial charge in [0, 0.05) is 32.2 Å². The summed E-state index contributed by atoms with van der Waals surface area (Å²) in [6.45, 7) is 9.92. The van der Waals surface area contributed by atoms with Crippen LogP contribution in [0.5, 0.6) is 0 Å². The second-order valence-electron chi connectivity index (χ2n) is 5.09. The highest BCUT2D eigenvalue weighted by molar-refractivity contribution is 5.78. The minimum atomic E-state index is 0.0247. The first-order valence-corrected chi connectivity index (χ1v) is 6.72. The number of nitrogens with one attached hydrogen (secondary N) is 1. The molecular weight excluding hydrogens is 228 g/mol. The summed E-state index contributed by atoms with van der Waals surface area (Å²) in [6.07, 6.45) is 0.865. The second kappa shape index (κ2) is 7.34. The molecule has 1 N–H and O–H groups in total. The van der Waals surface area contributed by atoms with Gasteiger partial charge in [0.25, 0.3) is 0 Å². The minimum absolute atomic E-state index is 0.0247. The molecule has 18 heavy (non-hydrogen) atoms. The number of amides is 1. The van der Waals surface area contributed by atoms with Crippen LogP contribution in [0.1, 0.15) is 27.2 Å². The van der Waals surface area contributed by atoms with Crippen LogP contribution >= 0.6 is 0 Å². The Morgan fingerprint density at radius 3 is 2.39 bits per heavy atom. The van der Waals surface area contributed by atoms with Crippen molar-refractivity contribution < 1.29 is 4.79 Å². The van der Waals surface area contributed by atoms with Gasteiger partial charge in [0.1, 0.15) is 0 Å². The van der Waals surface area contributed by atoms with E-state index in [1.807, 2.05) is 20.8 Å². The SMILES string of the molecule is CCC(C#N)N1CCN(CC(=O)NC(C)C)CC1. The number of nitrogens with zero attached hydrogens (tertiary/aromatic N) is 3. The molecule has 1 saturated heterocycles. The van der Waals surface area contributed by atoms with Crippen LogP contribution in [0.15, 0.2) is 0 Å². The molecule has 1 unspecified atom stereocenters. The molecule has 1 amide bonds. The Hall–Kier alpha value is -1.12. The lowest BCUT2D eigenvalue weighted by molar-refractivity contribution is -0.123. The Morgan fingerprint density at radius 1 is 1.33 bits per heavy atom. The van der Waals surface area contributed by atoms with E-state index in [0.29, 0.717) is 6.54 Å². The molecule has 1 aliphatic rings. The van der Waals surface area contributed by atoms with Gasteiger partial charge in [-0.3, -0.25) is 14.6 Å². The molecule has 102 valence electrons. The first kappa shape index (κ1) is 14.9. The van der Waals surface area contributed by atoms with E-state index in [4.69, 9.17) is 5.26 Å². The third-order valence-corrected chi connectivity index (χ3v) is 3.20. The molecule has 0 aromatic rings. The standard InChI is InChI=1S/C13H24N4O/c1-4-12(9-14)17-7-5-16(6-8-17)10-13(18)15-11(2)3/h11-12H,4-8,10H2,1-3H3,(H,15,18). The topological polar surface area (TPSA) is 59.4 Å². The summed E-state index contributed by atoms with van der Waals surface area (Å²) in [5, 5.41) is 11.9. The monoisotopic (exact) mass is 252 g/mol. The summed E-state index contributed by atoms with van der Waals surface area (Å²) < 4.78 is 0. The number of nitriles is 1. The number of piperazine rings is 1. The van der Waals surface area contributed by atoms with Crippen molar-refractivity contribution >= 4 is 5.91 Å². The molecule has 0 bridgehead atoms. The molecule has 0 radical (unpaired) electrons.